The minimum absolute atomic E-state index is 0.0915. The van der Waals surface area contributed by atoms with Gasteiger partial charge in [0.05, 0.1) is 0 Å². The summed E-state index contributed by atoms with van der Waals surface area (Å²) in [4.78, 5) is 0. The number of ether oxygens (including phenoxy) is 2. The molecule has 0 N–H and O–H groups in total. The van der Waals surface area contributed by atoms with Crippen molar-refractivity contribution in [3.05, 3.63) is 59.7 Å². The van der Waals surface area contributed by atoms with Gasteiger partial charge in [-0.3, -0.25) is 0 Å². The minimum Gasteiger partial charge on any atom is -0.473 e. The van der Waals surface area contributed by atoms with Gasteiger partial charge in [0.2, 0.25) is 0 Å². The molecule has 0 aromatic heterocycles. The molecule has 186 valence electrons. The van der Waals surface area contributed by atoms with Crippen LogP contribution >= 0.6 is 0 Å². The second kappa shape index (κ2) is 10.3. The molecule has 2 nitrogen and oxygen atoms in total. The van der Waals surface area contributed by atoms with Crippen molar-refractivity contribution in [1.82, 2.24) is 0 Å². The number of para-hydroxylation sites is 2. The summed E-state index contributed by atoms with van der Waals surface area (Å²) in [5.41, 5.74) is 2.83. The molecule has 0 amide bonds. The van der Waals surface area contributed by atoms with E-state index in [9.17, 15) is 0 Å². The second-order valence-corrected chi connectivity index (χ2v) is 14.6. The van der Waals surface area contributed by atoms with Gasteiger partial charge in [-0.25, -0.2) is 0 Å². The zero-order valence-electron chi connectivity index (χ0n) is 23.7. The Morgan fingerprint density at radius 2 is 0.765 bits per heavy atom. The monoisotopic (exact) mass is 478 g/mol. The summed E-state index contributed by atoms with van der Waals surface area (Å²) in [5, 5.41) is -0.497. The van der Waals surface area contributed by atoms with Gasteiger partial charge in [0.25, 0.3) is 16.3 Å². The van der Waals surface area contributed by atoms with Crippen molar-refractivity contribution in [3.8, 4) is 11.5 Å². The quantitative estimate of drug-likeness (QED) is 0.305. The first-order chi connectivity index (χ1) is 15.3. The standard InChI is InChI=1S/C31H47O2.Al/c1-28(2,3)26(29(4,5)6)22-17-13-15-19-24(22)32-21-33-25-20-16-14-18-23(25)27(30(7,8)9)31(10,11)12;/h13-21,26-27H,1-12H3;. The number of benzene rings is 2. The van der Waals surface area contributed by atoms with E-state index in [-0.39, 0.29) is 21.7 Å². The van der Waals surface area contributed by atoms with E-state index in [1.807, 2.05) is 12.1 Å². The summed E-state index contributed by atoms with van der Waals surface area (Å²) in [6.07, 6.45) is 0. The first-order valence-electron chi connectivity index (χ1n) is 12.6. The molecule has 0 fully saturated rings. The normalized spacial score (nSPS) is 13.6. The third kappa shape index (κ3) is 7.29. The molecule has 0 heterocycles. The van der Waals surface area contributed by atoms with Crippen LogP contribution in [0, 0.1) is 21.7 Å². The average Bonchev–Trinajstić information content (AvgIpc) is 2.60. The van der Waals surface area contributed by atoms with Crippen LogP contribution in [0.2, 0.25) is 0 Å². The van der Waals surface area contributed by atoms with Crippen LogP contribution in [0.15, 0.2) is 48.5 Å². The van der Waals surface area contributed by atoms with Crippen LogP contribution in [0.1, 0.15) is 106 Å². The van der Waals surface area contributed by atoms with Gasteiger partial charge in [0.15, 0.2) is 0 Å². The number of hydrogen-bond acceptors (Lipinski definition) is 2. The first kappa shape index (κ1) is 28.8. The predicted molar refractivity (Wildman–Crippen MR) is 147 cm³/mol. The Balaban J connectivity index is 2.41. The fourth-order valence-electron chi connectivity index (χ4n) is 6.39. The summed E-state index contributed by atoms with van der Waals surface area (Å²) in [5.74, 6) is 2.43. The highest BCUT2D eigenvalue weighted by atomic mass is 27.0. The summed E-state index contributed by atoms with van der Waals surface area (Å²) in [6, 6.07) is 16.9. The van der Waals surface area contributed by atoms with Crippen molar-refractivity contribution in [2.45, 2.75) is 100 Å². The molecule has 2 rings (SSSR count). The average molecular weight is 479 g/mol. The Bertz CT molecular complexity index is 830. The van der Waals surface area contributed by atoms with Gasteiger partial charge in [0.1, 0.15) is 16.7 Å². The maximum atomic E-state index is 6.47. The van der Waals surface area contributed by atoms with E-state index in [0.717, 1.165) is 11.5 Å². The Morgan fingerprint density at radius 1 is 0.500 bits per heavy atom. The molecule has 0 aliphatic rings. The van der Waals surface area contributed by atoms with Crippen molar-refractivity contribution >= 4 is 16.3 Å². The van der Waals surface area contributed by atoms with Crippen LogP contribution in [-0.2, 0) is 0 Å². The molecule has 0 aliphatic carbocycles. The van der Waals surface area contributed by atoms with E-state index >= 15 is 0 Å². The Labute approximate surface area is 218 Å². The number of rotatable bonds is 6. The molecule has 0 bridgehead atoms. The van der Waals surface area contributed by atoms with Gasteiger partial charge in [-0.15, -0.1) is 0 Å². The zero-order chi connectivity index (χ0) is 26.1. The van der Waals surface area contributed by atoms with Crippen LogP contribution in [-0.4, -0.2) is 21.4 Å². The van der Waals surface area contributed by atoms with E-state index in [0.29, 0.717) is 11.8 Å². The Kier molecular flexibility index (Phi) is 8.71. The predicted octanol–water partition coefficient (Wildman–Crippen LogP) is 8.95. The van der Waals surface area contributed by atoms with Gasteiger partial charge in [-0.1, -0.05) is 119 Å². The minimum atomic E-state index is -0.497. The van der Waals surface area contributed by atoms with Crippen LogP contribution in [0.5, 0.6) is 11.5 Å². The molecule has 0 saturated heterocycles. The molecule has 2 aromatic carbocycles. The van der Waals surface area contributed by atoms with Gasteiger partial charge in [-0.05, 0) is 56.8 Å². The topological polar surface area (TPSA) is 18.5 Å². The summed E-state index contributed by atoms with van der Waals surface area (Å²) in [6.45, 7) is 27.7. The molecule has 0 saturated carbocycles. The third-order valence-electron chi connectivity index (χ3n) is 6.41. The lowest BCUT2D eigenvalue weighted by molar-refractivity contribution is 0.0679. The van der Waals surface area contributed by atoms with Crippen molar-refractivity contribution in [1.29, 1.82) is 0 Å². The molecular formula is C31H47AlO2. The zero-order valence-corrected chi connectivity index (χ0v) is 24.9. The molecule has 0 unspecified atom stereocenters. The number of hydrogen-bond donors (Lipinski definition) is 0. The molecule has 0 spiro atoms. The van der Waals surface area contributed by atoms with Crippen molar-refractivity contribution < 1.29 is 9.47 Å². The van der Waals surface area contributed by atoms with Gasteiger partial charge in [-0.2, -0.15) is 0 Å². The third-order valence-corrected chi connectivity index (χ3v) is 6.68. The van der Waals surface area contributed by atoms with E-state index < -0.39 is 5.15 Å². The highest BCUT2D eigenvalue weighted by Crippen LogP contribution is 2.51. The van der Waals surface area contributed by atoms with Crippen LogP contribution in [0.3, 0.4) is 0 Å². The summed E-state index contributed by atoms with van der Waals surface area (Å²) in [7, 11) is 0. The second-order valence-electron chi connectivity index (χ2n) is 14.0. The molecule has 0 aliphatic heterocycles. The van der Waals surface area contributed by atoms with Crippen LogP contribution < -0.4 is 9.47 Å². The van der Waals surface area contributed by atoms with E-state index in [1.165, 1.54) is 11.1 Å². The molecule has 3 heteroatoms. The molecule has 0 atom stereocenters. The Morgan fingerprint density at radius 3 is 1.03 bits per heavy atom. The largest absolute Gasteiger partial charge is 0.473 e. The Hall–Kier alpha value is -1.43. The van der Waals surface area contributed by atoms with Crippen molar-refractivity contribution in [3.63, 3.8) is 0 Å². The fourth-order valence-corrected chi connectivity index (χ4v) is 6.68. The maximum absolute atomic E-state index is 6.47. The molecule has 2 aromatic rings. The molecule has 34 heavy (non-hydrogen) atoms. The highest BCUT2D eigenvalue weighted by Gasteiger charge is 2.39. The van der Waals surface area contributed by atoms with Gasteiger partial charge in [0, 0.05) is 0 Å². The lowest BCUT2D eigenvalue weighted by atomic mass is 9.63. The van der Waals surface area contributed by atoms with Crippen molar-refractivity contribution in [2.75, 3.05) is 0 Å². The van der Waals surface area contributed by atoms with Crippen molar-refractivity contribution in [2.24, 2.45) is 21.7 Å². The van der Waals surface area contributed by atoms with Crippen LogP contribution in [0.25, 0.3) is 0 Å². The lowest BCUT2D eigenvalue weighted by Crippen LogP contribution is -2.33. The van der Waals surface area contributed by atoms with E-state index in [4.69, 9.17) is 9.47 Å². The molecular weight excluding hydrogens is 431 g/mol. The van der Waals surface area contributed by atoms with E-state index in [1.54, 1.807) is 0 Å². The molecule has 2 radical (unpaired) electrons. The maximum Gasteiger partial charge on any atom is 0.266 e. The SMILES string of the molecule is CC(C)(C)C(c1ccccc1O[CH]([Al])Oc1ccccc1C(C(C)(C)C)C(C)(C)C)C(C)(C)C. The van der Waals surface area contributed by atoms with Gasteiger partial charge >= 0.3 is 0 Å². The first-order valence-corrected chi connectivity index (χ1v) is 13.3. The smallest absolute Gasteiger partial charge is 0.266 e. The summed E-state index contributed by atoms with van der Waals surface area (Å²) >= 11 is 2.74. The highest BCUT2D eigenvalue weighted by molar-refractivity contribution is 6.10. The lowest BCUT2D eigenvalue weighted by Gasteiger charge is -2.42. The van der Waals surface area contributed by atoms with E-state index in [2.05, 4.69) is 136 Å². The summed E-state index contributed by atoms with van der Waals surface area (Å²) < 4.78 is 12.9. The fraction of sp³-hybridized carbons (Fsp3) is 0.613. The van der Waals surface area contributed by atoms with Gasteiger partial charge < -0.3 is 9.47 Å². The van der Waals surface area contributed by atoms with Crippen LogP contribution in [0.4, 0.5) is 0 Å².